The van der Waals surface area contributed by atoms with Gasteiger partial charge in [-0.05, 0) is 110 Å². The Morgan fingerprint density at radius 2 is 1.07 bits per heavy atom. The lowest BCUT2D eigenvalue weighted by atomic mass is 9.99. The molecule has 0 amide bonds. The summed E-state index contributed by atoms with van der Waals surface area (Å²) in [4.78, 5) is 24.7. The summed E-state index contributed by atoms with van der Waals surface area (Å²) in [5.41, 5.74) is 19.2. The zero-order chi connectivity index (χ0) is 47.1. The van der Waals surface area contributed by atoms with Crippen molar-refractivity contribution in [2.24, 2.45) is 11.8 Å². The van der Waals surface area contributed by atoms with Gasteiger partial charge in [-0.2, -0.15) is 10.2 Å². The molecule has 2 aliphatic heterocycles. The molecule has 8 aromatic rings. The number of pyridine rings is 4. The van der Waals surface area contributed by atoms with Gasteiger partial charge in [-0.15, -0.1) is 0 Å². The predicted molar refractivity (Wildman–Crippen MR) is 269 cm³/mol. The third kappa shape index (κ3) is 7.12. The fourth-order valence-corrected chi connectivity index (χ4v) is 12.9. The minimum atomic E-state index is 0.161. The number of nitrogens with zero attached hydrogens (tertiary/aromatic N) is 8. The summed E-state index contributed by atoms with van der Waals surface area (Å²) in [6.45, 7) is 6.02. The maximum absolute atomic E-state index is 9.30. The molecule has 4 aliphatic carbocycles. The summed E-state index contributed by atoms with van der Waals surface area (Å²) in [6.07, 6.45) is 13.1. The highest BCUT2D eigenvalue weighted by Crippen LogP contribution is 2.59. The Balaban J connectivity index is 0.000000137. The van der Waals surface area contributed by atoms with E-state index in [0.29, 0.717) is 11.8 Å². The molecule has 6 aromatic heterocycles. The van der Waals surface area contributed by atoms with E-state index < -0.39 is 0 Å². The molecule has 4 atom stereocenters. The fourth-order valence-electron chi connectivity index (χ4n) is 12.9. The Labute approximate surface area is 406 Å². The molecule has 0 radical (unpaired) electrons. The van der Waals surface area contributed by atoms with Crippen LogP contribution in [0.3, 0.4) is 0 Å². The monoisotopic (exact) mass is 934 g/mol. The Morgan fingerprint density at radius 3 is 1.49 bits per heavy atom. The number of hydrogen-bond acceptors (Lipinski definition) is 12. The summed E-state index contributed by atoms with van der Waals surface area (Å²) in [5, 5.41) is 34.1. The van der Waals surface area contributed by atoms with Crippen LogP contribution in [0.1, 0.15) is 59.3 Å². The first-order chi connectivity index (χ1) is 34.4. The van der Waals surface area contributed by atoms with Crippen molar-refractivity contribution in [1.29, 1.82) is 0 Å². The Hall–Kier alpha value is -6.58. The predicted octanol–water partition coefficient (Wildman–Crippen LogP) is 7.50. The van der Waals surface area contributed by atoms with Gasteiger partial charge in [0.15, 0.2) is 0 Å². The number of benzene rings is 2. The molecule has 8 heterocycles. The lowest BCUT2D eigenvalue weighted by Gasteiger charge is -2.19. The zero-order valence-corrected chi connectivity index (χ0v) is 39.8. The number of aliphatic hydroxyl groups excluding tert-OH is 2. The van der Waals surface area contributed by atoms with E-state index in [9.17, 15) is 10.2 Å². The van der Waals surface area contributed by atoms with Crippen LogP contribution in [-0.2, 0) is 36.5 Å². The second kappa shape index (κ2) is 17.1. The molecule has 2 saturated heterocycles. The molecule has 70 heavy (non-hydrogen) atoms. The minimum Gasteiger partial charge on any atom is -0.494 e. The van der Waals surface area contributed by atoms with Gasteiger partial charge in [-0.25, -0.2) is 9.97 Å². The van der Waals surface area contributed by atoms with Gasteiger partial charge in [-0.3, -0.25) is 30.0 Å². The van der Waals surface area contributed by atoms with E-state index in [2.05, 4.69) is 90.9 Å². The number of ether oxygens (including phenoxy) is 2. The van der Waals surface area contributed by atoms with Crippen LogP contribution in [0.2, 0.25) is 0 Å². The average molecular weight is 935 g/mol. The van der Waals surface area contributed by atoms with Crippen LogP contribution in [0.5, 0.6) is 11.5 Å². The van der Waals surface area contributed by atoms with E-state index in [1.807, 2.05) is 24.5 Å². The van der Waals surface area contributed by atoms with Crippen molar-refractivity contribution in [3.05, 3.63) is 119 Å². The van der Waals surface area contributed by atoms with Crippen LogP contribution in [0.25, 0.3) is 67.1 Å². The van der Waals surface area contributed by atoms with Gasteiger partial charge < -0.3 is 19.7 Å². The molecule has 0 bridgehead atoms. The second-order valence-electron chi connectivity index (χ2n) is 20.5. The van der Waals surface area contributed by atoms with Crippen LogP contribution in [0.15, 0.2) is 85.2 Å². The van der Waals surface area contributed by atoms with Crippen LogP contribution in [-0.4, -0.2) is 127 Å². The Bertz CT molecular complexity index is 3080. The number of likely N-dealkylation sites (tertiary alicyclic amines) is 2. The molecule has 4 unspecified atom stereocenters. The highest BCUT2D eigenvalue weighted by molar-refractivity contribution is 5.94. The summed E-state index contributed by atoms with van der Waals surface area (Å²) in [7, 11) is 3.40. The highest BCUT2D eigenvalue weighted by atomic mass is 16.5. The summed E-state index contributed by atoms with van der Waals surface area (Å²) < 4.78 is 11.5. The van der Waals surface area contributed by atoms with Crippen molar-refractivity contribution in [3.8, 4) is 56.5 Å². The minimum absolute atomic E-state index is 0.161. The van der Waals surface area contributed by atoms with Crippen LogP contribution < -0.4 is 9.47 Å². The van der Waals surface area contributed by atoms with E-state index in [1.54, 1.807) is 14.2 Å². The third-order valence-corrected chi connectivity index (χ3v) is 16.6. The van der Waals surface area contributed by atoms with Gasteiger partial charge in [0.05, 0.1) is 38.5 Å². The van der Waals surface area contributed by atoms with Gasteiger partial charge in [0.25, 0.3) is 0 Å². The van der Waals surface area contributed by atoms with E-state index in [-0.39, 0.29) is 24.0 Å². The number of fused-ring (bicyclic) bond motifs is 6. The smallest absolute Gasteiger partial charge is 0.147 e. The van der Waals surface area contributed by atoms with E-state index in [0.717, 1.165) is 155 Å². The average Bonchev–Trinajstić information content (AvgIpc) is 3.90. The standard InChI is InChI=1S/2C28H29N5O2/c2*1-35-23-12-22-27(30-26(23)21-7-3-5-17-4-2-6-20(17)21)25(32-31-22)18-8-9-24(29-14-18)28-13-19(28)15-33(16-28)10-11-34/h2*3,5,7-9,12,14,19,34H,2,4,6,10-11,13,15-16H2,1H3,(H,31,32). The van der Waals surface area contributed by atoms with Gasteiger partial charge >= 0.3 is 0 Å². The maximum atomic E-state index is 9.30. The molecule has 14 nitrogen and oxygen atoms in total. The van der Waals surface area contributed by atoms with Crippen molar-refractivity contribution in [1.82, 2.24) is 50.1 Å². The number of aromatic nitrogens is 8. The van der Waals surface area contributed by atoms with Gasteiger partial charge in [0.2, 0.25) is 0 Å². The number of methoxy groups -OCH3 is 2. The number of β-amino-alcohol motifs (C(OH)–C–C–N with tert-alkyl or cyclic N) is 2. The molecule has 14 rings (SSSR count). The third-order valence-electron chi connectivity index (χ3n) is 16.6. The number of hydrogen-bond donors (Lipinski definition) is 4. The topological polar surface area (TPSA) is 174 Å². The summed E-state index contributed by atoms with van der Waals surface area (Å²) in [6, 6.07) is 25.6. The fraction of sp³-hybridized carbons (Fsp3) is 0.393. The number of aryl methyl sites for hydroxylation is 2. The molecule has 4 N–H and O–H groups in total. The van der Waals surface area contributed by atoms with Gasteiger partial charge in [-0.1, -0.05) is 36.4 Å². The molecule has 14 heteroatoms. The second-order valence-corrected chi connectivity index (χ2v) is 20.5. The molecular weight excluding hydrogens is 877 g/mol. The van der Waals surface area contributed by atoms with E-state index in [4.69, 9.17) is 29.4 Å². The number of nitrogens with one attached hydrogen (secondary N) is 2. The first-order valence-electron chi connectivity index (χ1n) is 25.1. The Kier molecular flexibility index (Phi) is 10.6. The van der Waals surface area contributed by atoms with Crippen molar-refractivity contribution in [2.75, 3.05) is 66.7 Å². The number of rotatable bonds is 12. The van der Waals surface area contributed by atoms with Crippen molar-refractivity contribution in [2.45, 2.75) is 62.2 Å². The first-order valence-corrected chi connectivity index (χ1v) is 25.1. The SMILES string of the molecule is COc1cc2[nH]nc(-c3ccc(C45CC4CN(CCO)C5)nc3)c2nc1-c1cccc2c1CCC2.COc1cc2[nH]nc(-c3ccc(C45CC4CN(CCO)C5)nc3)c2nc1-c1cccc2c1CCC2. The summed E-state index contributed by atoms with van der Waals surface area (Å²) >= 11 is 0. The molecular formula is C56H58N10O4. The van der Waals surface area contributed by atoms with E-state index in [1.165, 1.54) is 47.9 Å². The van der Waals surface area contributed by atoms with Crippen LogP contribution in [0, 0.1) is 11.8 Å². The van der Waals surface area contributed by atoms with Crippen molar-refractivity contribution in [3.63, 3.8) is 0 Å². The zero-order valence-electron chi connectivity index (χ0n) is 39.8. The van der Waals surface area contributed by atoms with Crippen LogP contribution in [0.4, 0.5) is 0 Å². The van der Waals surface area contributed by atoms with Crippen molar-refractivity contribution < 1.29 is 19.7 Å². The van der Waals surface area contributed by atoms with Gasteiger partial charge in [0.1, 0.15) is 45.3 Å². The number of aromatic amines is 2. The lowest BCUT2D eigenvalue weighted by Crippen LogP contribution is -2.29. The molecule has 4 fully saturated rings. The molecule has 2 aromatic carbocycles. The molecule has 0 spiro atoms. The number of H-pyrrole nitrogens is 2. The quantitative estimate of drug-likeness (QED) is 0.0952. The first kappa shape index (κ1) is 43.4. The number of aliphatic hydroxyl groups is 2. The van der Waals surface area contributed by atoms with Crippen molar-refractivity contribution >= 4 is 22.1 Å². The maximum Gasteiger partial charge on any atom is 0.147 e. The largest absolute Gasteiger partial charge is 0.494 e. The highest BCUT2D eigenvalue weighted by Gasteiger charge is 2.62. The number of piperidine rings is 2. The molecule has 356 valence electrons. The van der Waals surface area contributed by atoms with Crippen LogP contribution >= 0.6 is 0 Å². The normalized spacial score (nSPS) is 23.0. The lowest BCUT2D eigenvalue weighted by molar-refractivity contribution is 0.206. The van der Waals surface area contributed by atoms with E-state index >= 15 is 0 Å². The summed E-state index contributed by atoms with van der Waals surface area (Å²) in [5.74, 6) is 2.83. The molecule has 6 aliphatic rings. The Morgan fingerprint density at radius 1 is 0.600 bits per heavy atom. The molecule has 2 saturated carbocycles. The van der Waals surface area contributed by atoms with Gasteiger partial charge in [0, 0.05) is 108 Å².